The first-order valence-electron chi connectivity index (χ1n) is 5.77. The van der Waals surface area contributed by atoms with E-state index in [1.54, 1.807) is 6.07 Å². The second-order valence-corrected chi connectivity index (χ2v) is 5.65. The summed E-state index contributed by atoms with van der Waals surface area (Å²) in [7, 11) is 0. The molecule has 0 bridgehead atoms. The number of rotatable bonds is 3. The van der Waals surface area contributed by atoms with Gasteiger partial charge in [0.05, 0.1) is 10.6 Å². The third-order valence-corrected chi connectivity index (χ3v) is 4.51. The predicted octanol–water partition coefficient (Wildman–Crippen LogP) is 3.52. The third-order valence-electron chi connectivity index (χ3n) is 3.86. The maximum Gasteiger partial charge on any atom is 0.136 e. The second kappa shape index (κ2) is 4.58. The van der Waals surface area contributed by atoms with E-state index in [1.165, 1.54) is 12.1 Å². The molecule has 1 fully saturated rings. The van der Waals surface area contributed by atoms with Crippen molar-refractivity contribution in [3.8, 4) is 5.75 Å². The Morgan fingerprint density at radius 1 is 1.59 bits per heavy atom. The van der Waals surface area contributed by atoms with Crippen molar-refractivity contribution in [3.05, 3.63) is 28.5 Å². The molecule has 0 aliphatic heterocycles. The Hall–Kier alpha value is -0.610. The van der Waals surface area contributed by atoms with Crippen molar-refractivity contribution >= 4 is 15.9 Å². The molecule has 0 radical (unpaired) electrons. The lowest BCUT2D eigenvalue weighted by Gasteiger charge is -2.50. The molecule has 0 saturated heterocycles. The monoisotopic (exact) mass is 302 g/mol. The summed E-state index contributed by atoms with van der Waals surface area (Å²) < 4.78 is 19.6. The summed E-state index contributed by atoms with van der Waals surface area (Å²) in [6.45, 7) is 4.03. The van der Waals surface area contributed by atoms with Crippen LogP contribution in [0.5, 0.6) is 5.75 Å². The Balaban J connectivity index is 2.14. The molecule has 1 aliphatic carbocycles. The highest BCUT2D eigenvalue weighted by molar-refractivity contribution is 9.10. The van der Waals surface area contributed by atoms with Crippen LogP contribution in [0, 0.1) is 11.2 Å². The number of hydrogen-bond donors (Lipinski definition) is 1. The largest absolute Gasteiger partial charge is 0.488 e. The highest BCUT2D eigenvalue weighted by Crippen LogP contribution is 2.46. The highest BCUT2D eigenvalue weighted by atomic mass is 79.9. The summed E-state index contributed by atoms with van der Waals surface area (Å²) in [5, 5.41) is 9.77. The molecule has 2 nitrogen and oxygen atoms in total. The Morgan fingerprint density at radius 3 is 2.88 bits per heavy atom. The first-order valence-corrected chi connectivity index (χ1v) is 6.56. The van der Waals surface area contributed by atoms with Gasteiger partial charge in [0.15, 0.2) is 0 Å². The summed E-state index contributed by atoms with van der Waals surface area (Å²) in [5.74, 6) is 0.183. The molecular formula is C13H16BrFO2. The summed E-state index contributed by atoms with van der Waals surface area (Å²) in [6, 6.07) is 4.37. The quantitative estimate of drug-likeness (QED) is 0.926. The van der Waals surface area contributed by atoms with Crippen LogP contribution in [0.2, 0.25) is 0 Å². The Kier molecular flexibility index (Phi) is 3.46. The van der Waals surface area contributed by atoms with Crippen LogP contribution < -0.4 is 4.74 Å². The molecule has 1 saturated carbocycles. The topological polar surface area (TPSA) is 29.5 Å². The van der Waals surface area contributed by atoms with Gasteiger partial charge in [0.2, 0.25) is 0 Å². The minimum Gasteiger partial charge on any atom is -0.488 e. The van der Waals surface area contributed by atoms with Crippen LogP contribution in [0.3, 0.4) is 0 Å². The van der Waals surface area contributed by atoms with Crippen molar-refractivity contribution in [1.29, 1.82) is 0 Å². The first-order chi connectivity index (χ1) is 7.97. The van der Waals surface area contributed by atoms with Gasteiger partial charge in [-0.05, 0) is 34.5 Å². The van der Waals surface area contributed by atoms with Crippen molar-refractivity contribution in [2.45, 2.75) is 38.9 Å². The Bertz CT molecular complexity index is 424. The van der Waals surface area contributed by atoms with Crippen molar-refractivity contribution in [2.24, 2.45) is 5.41 Å². The first kappa shape index (κ1) is 12.8. The molecule has 94 valence electrons. The normalized spacial score (nSPS) is 32.1. The lowest BCUT2D eigenvalue weighted by Crippen LogP contribution is -2.57. The van der Waals surface area contributed by atoms with Crippen molar-refractivity contribution in [1.82, 2.24) is 0 Å². The lowest BCUT2D eigenvalue weighted by molar-refractivity contribution is -0.147. The summed E-state index contributed by atoms with van der Waals surface area (Å²) in [6.07, 6.45) is 1.06. The van der Waals surface area contributed by atoms with E-state index in [2.05, 4.69) is 15.9 Å². The van der Waals surface area contributed by atoms with E-state index < -0.39 is 0 Å². The molecule has 1 aliphatic rings. The Morgan fingerprint density at radius 2 is 2.29 bits per heavy atom. The van der Waals surface area contributed by atoms with E-state index in [0.29, 0.717) is 12.2 Å². The fourth-order valence-electron chi connectivity index (χ4n) is 2.16. The van der Waals surface area contributed by atoms with Gasteiger partial charge in [0, 0.05) is 17.9 Å². The predicted molar refractivity (Wildman–Crippen MR) is 67.5 cm³/mol. The molecule has 0 heterocycles. The van der Waals surface area contributed by atoms with Gasteiger partial charge in [-0.1, -0.05) is 13.8 Å². The molecule has 3 atom stereocenters. The molecular weight excluding hydrogens is 287 g/mol. The third kappa shape index (κ3) is 2.20. The van der Waals surface area contributed by atoms with Crippen LogP contribution in [-0.4, -0.2) is 17.3 Å². The van der Waals surface area contributed by atoms with Gasteiger partial charge in [-0.15, -0.1) is 0 Å². The van der Waals surface area contributed by atoms with E-state index in [-0.39, 0.29) is 23.4 Å². The standard InChI is InChI=1S/C13H16BrFO2/c1-3-13(2)11(16)7-12(13)17-10-6-8(15)4-5-9(10)14/h4-6,11-12,16H,3,7H2,1-2H3. The molecule has 2 rings (SSSR count). The molecule has 0 aromatic heterocycles. The van der Waals surface area contributed by atoms with Crippen LogP contribution in [-0.2, 0) is 0 Å². The molecule has 3 unspecified atom stereocenters. The van der Waals surface area contributed by atoms with Crippen LogP contribution in [0.25, 0.3) is 0 Å². The molecule has 17 heavy (non-hydrogen) atoms. The Labute approximate surface area is 109 Å². The van der Waals surface area contributed by atoms with Gasteiger partial charge in [0.1, 0.15) is 17.7 Å². The number of ether oxygens (including phenoxy) is 1. The van der Waals surface area contributed by atoms with E-state index in [1.807, 2.05) is 13.8 Å². The van der Waals surface area contributed by atoms with Gasteiger partial charge >= 0.3 is 0 Å². The number of aliphatic hydroxyl groups is 1. The molecule has 1 aromatic carbocycles. The lowest BCUT2D eigenvalue weighted by atomic mass is 9.63. The van der Waals surface area contributed by atoms with E-state index >= 15 is 0 Å². The van der Waals surface area contributed by atoms with E-state index in [9.17, 15) is 9.50 Å². The van der Waals surface area contributed by atoms with Crippen molar-refractivity contribution in [2.75, 3.05) is 0 Å². The van der Waals surface area contributed by atoms with Crippen molar-refractivity contribution < 1.29 is 14.2 Å². The highest BCUT2D eigenvalue weighted by Gasteiger charge is 2.51. The van der Waals surface area contributed by atoms with Crippen molar-refractivity contribution in [3.63, 3.8) is 0 Å². The SMILES string of the molecule is CCC1(C)C(O)CC1Oc1cc(F)ccc1Br. The maximum absolute atomic E-state index is 13.1. The van der Waals surface area contributed by atoms with Crippen LogP contribution in [0.4, 0.5) is 4.39 Å². The molecule has 1 N–H and O–H groups in total. The summed E-state index contributed by atoms with van der Waals surface area (Å²) in [4.78, 5) is 0. The van der Waals surface area contributed by atoms with Crippen LogP contribution in [0.1, 0.15) is 26.7 Å². The summed E-state index contributed by atoms with van der Waals surface area (Å²) in [5.41, 5.74) is -0.230. The van der Waals surface area contributed by atoms with Gasteiger partial charge in [-0.2, -0.15) is 0 Å². The minimum atomic E-state index is -0.329. The fourth-order valence-corrected chi connectivity index (χ4v) is 2.50. The average molecular weight is 303 g/mol. The maximum atomic E-state index is 13.1. The fraction of sp³-hybridized carbons (Fsp3) is 0.538. The number of benzene rings is 1. The van der Waals surface area contributed by atoms with Crippen LogP contribution in [0.15, 0.2) is 22.7 Å². The van der Waals surface area contributed by atoms with Crippen LogP contribution >= 0.6 is 15.9 Å². The number of halogens is 2. The molecule has 1 aromatic rings. The zero-order valence-electron chi connectivity index (χ0n) is 9.91. The number of hydrogen-bond acceptors (Lipinski definition) is 2. The van der Waals surface area contributed by atoms with E-state index in [0.717, 1.165) is 10.9 Å². The molecule has 0 spiro atoms. The zero-order chi connectivity index (χ0) is 12.6. The van der Waals surface area contributed by atoms with Gasteiger partial charge in [-0.3, -0.25) is 0 Å². The molecule has 0 amide bonds. The van der Waals surface area contributed by atoms with Gasteiger partial charge in [-0.25, -0.2) is 4.39 Å². The summed E-state index contributed by atoms with van der Waals surface area (Å²) >= 11 is 3.33. The average Bonchev–Trinajstić information content (AvgIpc) is 2.32. The minimum absolute atomic E-state index is 0.0550. The van der Waals surface area contributed by atoms with E-state index in [4.69, 9.17) is 4.74 Å². The smallest absolute Gasteiger partial charge is 0.136 e. The molecule has 4 heteroatoms. The van der Waals surface area contributed by atoms with Gasteiger partial charge < -0.3 is 9.84 Å². The second-order valence-electron chi connectivity index (χ2n) is 4.79. The number of aliphatic hydroxyl groups excluding tert-OH is 1. The zero-order valence-corrected chi connectivity index (χ0v) is 11.5. The van der Waals surface area contributed by atoms with Gasteiger partial charge in [0.25, 0.3) is 0 Å².